The summed E-state index contributed by atoms with van der Waals surface area (Å²) < 4.78 is 5.42. The minimum atomic E-state index is -0.964. The third-order valence-electron chi connectivity index (χ3n) is 3.30. The van der Waals surface area contributed by atoms with Crippen LogP contribution in [0.3, 0.4) is 0 Å². The van der Waals surface area contributed by atoms with Gasteiger partial charge in [-0.25, -0.2) is 4.79 Å². The molecule has 21 heavy (non-hydrogen) atoms. The second-order valence-electron chi connectivity index (χ2n) is 6.14. The highest BCUT2D eigenvalue weighted by atomic mass is 16.5. The molecule has 1 aliphatic heterocycles. The van der Waals surface area contributed by atoms with Gasteiger partial charge in [-0.3, -0.25) is 14.9 Å². The van der Waals surface area contributed by atoms with Crippen molar-refractivity contribution in [3.63, 3.8) is 0 Å². The molecule has 1 aliphatic rings. The largest absolute Gasteiger partial charge is 0.481 e. The molecule has 3 amide bonds. The average Bonchev–Trinajstić information content (AvgIpc) is 2.78. The highest BCUT2D eigenvalue weighted by Crippen LogP contribution is 2.24. The van der Waals surface area contributed by atoms with E-state index in [0.717, 1.165) is 25.9 Å². The Bertz CT molecular complexity index is 389. The number of imide groups is 1. The first-order valence-corrected chi connectivity index (χ1v) is 7.19. The fourth-order valence-corrected chi connectivity index (χ4v) is 2.34. The molecule has 0 aromatic heterocycles. The number of hydrogen-bond donors (Lipinski definition) is 3. The van der Waals surface area contributed by atoms with Gasteiger partial charge in [0.05, 0.1) is 12.5 Å². The molecule has 1 atom stereocenters. The van der Waals surface area contributed by atoms with Crippen LogP contribution in [0.15, 0.2) is 0 Å². The van der Waals surface area contributed by atoms with Crippen molar-refractivity contribution in [3.05, 3.63) is 0 Å². The summed E-state index contributed by atoms with van der Waals surface area (Å²) in [7, 11) is 0. The lowest BCUT2D eigenvalue weighted by Crippen LogP contribution is -2.42. The van der Waals surface area contributed by atoms with E-state index in [4.69, 9.17) is 9.84 Å². The highest BCUT2D eigenvalue weighted by molar-refractivity contribution is 5.94. The van der Waals surface area contributed by atoms with Crippen LogP contribution >= 0.6 is 0 Å². The summed E-state index contributed by atoms with van der Waals surface area (Å²) in [6.07, 6.45) is 2.83. The minimum Gasteiger partial charge on any atom is -0.481 e. The van der Waals surface area contributed by atoms with Crippen molar-refractivity contribution >= 4 is 17.9 Å². The van der Waals surface area contributed by atoms with E-state index in [1.165, 1.54) is 0 Å². The summed E-state index contributed by atoms with van der Waals surface area (Å²) in [6.45, 7) is 4.57. The van der Waals surface area contributed by atoms with Crippen molar-refractivity contribution in [2.45, 2.75) is 52.1 Å². The molecule has 0 radical (unpaired) electrons. The number of aliphatic carboxylic acids is 1. The molecule has 0 aromatic rings. The zero-order valence-corrected chi connectivity index (χ0v) is 12.6. The van der Waals surface area contributed by atoms with E-state index in [2.05, 4.69) is 10.6 Å². The van der Waals surface area contributed by atoms with Gasteiger partial charge in [0.15, 0.2) is 0 Å². The van der Waals surface area contributed by atoms with Gasteiger partial charge in [0, 0.05) is 19.6 Å². The number of carbonyl (C=O) groups is 3. The van der Waals surface area contributed by atoms with Gasteiger partial charge in [-0.1, -0.05) is 13.8 Å². The lowest BCUT2D eigenvalue weighted by atomic mass is 9.85. The molecular weight excluding hydrogens is 276 g/mol. The maximum atomic E-state index is 11.7. The van der Waals surface area contributed by atoms with Crippen molar-refractivity contribution in [3.8, 4) is 0 Å². The molecule has 1 heterocycles. The first kappa shape index (κ1) is 17.4. The monoisotopic (exact) mass is 300 g/mol. The van der Waals surface area contributed by atoms with Crippen LogP contribution in [0.2, 0.25) is 0 Å². The zero-order valence-electron chi connectivity index (χ0n) is 12.6. The normalized spacial score (nSPS) is 18.3. The molecule has 1 saturated heterocycles. The number of carboxylic acid groups (broad SMARTS) is 1. The van der Waals surface area contributed by atoms with Gasteiger partial charge in [-0.15, -0.1) is 0 Å². The average molecular weight is 300 g/mol. The number of carboxylic acids is 1. The number of rotatable bonds is 7. The van der Waals surface area contributed by atoms with Crippen LogP contribution in [0.4, 0.5) is 4.79 Å². The van der Waals surface area contributed by atoms with Crippen LogP contribution in [-0.4, -0.2) is 42.3 Å². The van der Waals surface area contributed by atoms with E-state index >= 15 is 0 Å². The minimum absolute atomic E-state index is 0.0154. The third-order valence-corrected chi connectivity index (χ3v) is 3.30. The highest BCUT2D eigenvalue weighted by Gasteiger charge is 2.26. The van der Waals surface area contributed by atoms with Crippen molar-refractivity contribution in [2.75, 3.05) is 13.2 Å². The molecule has 1 rings (SSSR count). The summed E-state index contributed by atoms with van der Waals surface area (Å²) in [4.78, 5) is 33.9. The fourth-order valence-electron chi connectivity index (χ4n) is 2.34. The van der Waals surface area contributed by atoms with Gasteiger partial charge in [0.25, 0.3) is 0 Å². The zero-order chi connectivity index (χ0) is 15.9. The van der Waals surface area contributed by atoms with E-state index in [1.807, 2.05) is 0 Å². The first-order valence-electron chi connectivity index (χ1n) is 7.19. The van der Waals surface area contributed by atoms with E-state index in [-0.39, 0.29) is 18.9 Å². The van der Waals surface area contributed by atoms with Crippen molar-refractivity contribution in [1.29, 1.82) is 0 Å². The fraction of sp³-hybridized carbons (Fsp3) is 0.786. The second-order valence-corrected chi connectivity index (χ2v) is 6.14. The number of ether oxygens (including phenoxy) is 1. The third kappa shape index (κ3) is 7.65. The van der Waals surface area contributed by atoms with E-state index in [0.29, 0.717) is 6.54 Å². The second kappa shape index (κ2) is 7.97. The summed E-state index contributed by atoms with van der Waals surface area (Å²) in [5, 5.41) is 13.6. The smallest absolute Gasteiger partial charge is 0.321 e. The maximum absolute atomic E-state index is 11.7. The van der Waals surface area contributed by atoms with E-state index in [1.54, 1.807) is 13.8 Å². The number of hydrogen-bond acceptors (Lipinski definition) is 4. The Labute approximate surface area is 124 Å². The number of amides is 3. The molecule has 0 bridgehead atoms. The van der Waals surface area contributed by atoms with E-state index in [9.17, 15) is 14.4 Å². The topological polar surface area (TPSA) is 105 Å². The van der Waals surface area contributed by atoms with Gasteiger partial charge in [-0.05, 0) is 24.7 Å². The lowest BCUT2D eigenvalue weighted by molar-refractivity contribution is -0.139. The molecule has 0 aromatic carbocycles. The van der Waals surface area contributed by atoms with Gasteiger partial charge < -0.3 is 15.2 Å². The molecule has 0 aliphatic carbocycles. The van der Waals surface area contributed by atoms with Crippen molar-refractivity contribution < 1.29 is 24.2 Å². The summed E-state index contributed by atoms with van der Waals surface area (Å²) in [5.41, 5.74) is -0.687. The molecule has 1 unspecified atom stereocenters. The van der Waals surface area contributed by atoms with Crippen LogP contribution in [-0.2, 0) is 14.3 Å². The van der Waals surface area contributed by atoms with Crippen molar-refractivity contribution in [2.24, 2.45) is 5.41 Å². The summed E-state index contributed by atoms with van der Waals surface area (Å²) in [6, 6.07) is -0.552. The Morgan fingerprint density at radius 2 is 2.00 bits per heavy atom. The van der Waals surface area contributed by atoms with Crippen LogP contribution < -0.4 is 10.6 Å². The van der Waals surface area contributed by atoms with E-state index < -0.39 is 23.3 Å². The summed E-state index contributed by atoms with van der Waals surface area (Å²) >= 11 is 0. The number of carbonyl (C=O) groups excluding carboxylic acids is 2. The van der Waals surface area contributed by atoms with Crippen molar-refractivity contribution in [1.82, 2.24) is 10.6 Å². The van der Waals surface area contributed by atoms with Gasteiger partial charge in [0.1, 0.15) is 0 Å². The van der Waals surface area contributed by atoms with Crippen LogP contribution in [0.5, 0.6) is 0 Å². The summed E-state index contributed by atoms with van der Waals surface area (Å²) in [5.74, 6) is -1.44. The number of nitrogens with one attached hydrogen (secondary N) is 2. The van der Waals surface area contributed by atoms with Gasteiger partial charge in [-0.2, -0.15) is 0 Å². The Morgan fingerprint density at radius 3 is 2.57 bits per heavy atom. The predicted octanol–water partition coefficient (Wildman–Crippen LogP) is 1.27. The molecule has 120 valence electrons. The Balaban J connectivity index is 2.20. The van der Waals surface area contributed by atoms with Crippen LogP contribution in [0.1, 0.15) is 46.0 Å². The van der Waals surface area contributed by atoms with Gasteiger partial charge in [0.2, 0.25) is 5.91 Å². The maximum Gasteiger partial charge on any atom is 0.321 e. The molecule has 3 N–H and O–H groups in total. The Hall–Kier alpha value is -1.63. The van der Waals surface area contributed by atoms with Crippen LogP contribution in [0, 0.1) is 5.41 Å². The Kier molecular flexibility index (Phi) is 6.61. The lowest BCUT2D eigenvalue weighted by Gasteiger charge is -2.21. The number of urea groups is 1. The Morgan fingerprint density at radius 1 is 1.29 bits per heavy atom. The SMILES string of the molecule is CC(C)(CC(=O)O)CC(=O)NC(=O)NCCC1CCCO1. The predicted molar refractivity (Wildman–Crippen MR) is 75.8 cm³/mol. The van der Waals surface area contributed by atoms with Crippen LogP contribution in [0.25, 0.3) is 0 Å². The first-order chi connectivity index (χ1) is 9.78. The quantitative estimate of drug-likeness (QED) is 0.657. The van der Waals surface area contributed by atoms with Gasteiger partial charge >= 0.3 is 12.0 Å². The molecule has 7 heteroatoms. The molecule has 1 fully saturated rings. The molecule has 0 saturated carbocycles. The molecular formula is C14H24N2O5. The molecule has 0 spiro atoms. The molecule has 7 nitrogen and oxygen atoms in total. The standard InChI is InChI=1S/C14H24N2O5/c1-14(2,9-12(18)19)8-11(17)16-13(20)15-6-5-10-4-3-7-21-10/h10H,3-9H2,1-2H3,(H,18,19)(H2,15,16,17,20).